The van der Waals surface area contributed by atoms with Gasteiger partial charge in [0.05, 0.1) is 5.69 Å². The van der Waals surface area contributed by atoms with Crippen molar-refractivity contribution >= 4 is 11.7 Å². The Morgan fingerprint density at radius 3 is 2.95 bits per heavy atom. The largest absolute Gasteiger partial charge is 0.480 e. The van der Waals surface area contributed by atoms with Crippen molar-refractivity contribution in [3.8, 4) is 11.3 Å². The second-order valence-corrected chi connectivity index (χ2v) is 4.78. The summed E-state index contributed by atoms with van der Waals surface area (Å²) >= 11 is 0. The lowest BCUT2D eigenvalue weighted by atomic mass is 10.1. The fourth-order valence-electron chi connectivity index (χ4n) is 2.58. The molecule has 0 fully saturated rings. The maximum absolute atomic E-state index is 11.3. The molecule has 3 N–H and O–H groups in total. The highest BCUT2D eigenvalue weighted by molar-refractivity contribution is 5.75. The molecule has 0 radical (unpaired) electrons. The molecule has 5 heteroatoms. The van der Waals surface area contributed by atoms with Gasteiger partial charge >= 0.3 is 5.97 Å². The van der Waals surface area contributed by atoms with Crippen molar-refractivity contribution in [2.75, 3.05) is 5.73 Å². The summed E-state index contributed by atoms with van der Waals surface area (Å²) in [7, 11) is 0. The molecule has 0 spiro atoms. The minimum atomic E-state index is -0.800. The number of carboxylic acids is 1. The predicted molar refractivity (Wildman–Crippen MR) is 71.7 cm³/mol. The smallest absolute Gasteiger partial charge is 0.326 e. The molecule has 0 saturated carbocycles. The monoisotopic (exact) mass is 257 g/mol. The molecule has 98 valence electrons. The van der Waals surface area contributed by atoms with Crippen LogP contribution in [0.25, 0.3) is 11.3 Å². The van der Waals surface area contributed by atoms with Gasteiger partial charge in [-0.3, -0.25) is 0 Å². The number of carboxylic acid groups (broad SMARTS) is 1. The third-order valence-corrected chi connectivity index (χ3v) is 3.54. The fraction of sp³-hybridized carbons (Fsp3) is 0.286. The van der Waals surface area contributed by atoms with Crippen LogP contribution in [0.5, 0.6) is 0 Å². The molecular formula is C14H15N3O2. The van der Waals surface area contributed by atoms with Crippen LogP contribution in [0.15, 0.2) is 30.5 Å². The van der Waals surface area contributed by atoms with E-state index >= 15 is 0 Å². The van der Waals surface area contributed by atoms with Crippen LogP contribution in [-0.2, 0) is 11.2 Å². The normalized spacial score (nSPS) is 18.0. The van der Waals surface area contributed by atoms with E-state index in [4.69, 9.17) is 5.73 Å². The lowest BCUT2D eigenvalue weighted by Gasteiger charge is -2.20. The Morgan fingerprint density at radius 1 is 1.42 bits per heavy atom. The van der Waals surface area contributed by atoms with E-state index in [1.165, 1.54) is 0 Å². The van der Waals surface area contributed by atoms with E-state index in [2.05, 4.69) is 4.98 Å². The molecule has 1 aliphatic rings. The highest BCUT2D eigenvalue weighted by atomic mass is 16.4. The number of rotatable bonds is 2. The van der Waals surface area contributed by atoms with Gasteiger partial charge < -0.3 is 15.4 Å². The Bertz CT molecular complexity index is 633. The minimum Gasteiger partial charge on any atom is -0.480 e. The van der Waals surface area contributed by atoms with Crippen LogP contribution in [0.3, 0.4) is 0 Å². The fourth-order valence-corrected chi connectivity index (χ4v) is 2.58. The summed E-state index contributed by atoms with van der Waals surface area (Å²) < 4.78 is 1.77. The molecule has 3 rings (SSSR count). The summed E-state index contributed by atoms with van der Waals surface area (Å²) in [5.74, 6) is 0.0304. The van der Waals surface area contributed by atoms with Crippen molar-refractivity contribution in [2.24, 2.45) is 0 Å². The number of benzene rings is 1. The average Bonchev–Trinajstić information content (AvgIpc) is 2.82. The highest BCUT2D eigenvalue weighted by Gasteiger charge is 2.27. The predicted octanol–water partition coefficient (Wildman–Crippen LogP) is 2.09. The van der Waals surface area contributed by atoms with Crippen LogP contribution >= 0.6 is 0 Å². The average molecular weight is 257 g/mol. The summed E-state index contributed by atoms with van der Waals surface area (Å²) in [6.45, 7) is 0. The van der Waals surface area contributed by atoms with Gasteiger partial charge in [-0.05, 0) is 18.9 Å². The quantitative estimate of drug-likeness (QED) is 0.807. The lowest BCUT2D eigenvalue weighted by Crippen LogP contribution is -2.24. The second-order valence-electron chi connectivity index (χ2n) is 4.78. The number of imidazole rings is 1. The number of aromatic nitrogens is 2. The number of carbonyl (C=O) groups is 1. The third-order valence-electron chi connectivity index (χ3n) is 3.54. The molecule has 0 amide bonds. The molecule has 0 aliphatic carbocycles. The first kappa shape index (κ1) is 11.8. The number of aliphatic carboxylic acids is 1. The molecule has 2 aromatic rings. The van der Waals surface area contributed by atoms with E-state index in [-0.39, 0.29) is 0 Å². The summed E-state index contributed by atoms with van der Waals surface area (Å²) in [5.41, 5.74) is 8.20. The van der Waals surface area contributed by atoms with Crippen molar-refractivity contribution in [2.45, 2.75) is 25.3 Å². The molecule has 0 bridgehead atoms. The molecule has 1 unspecified atom stereocenters. The minimum absolute atomic E-state index is 0.505. The van der Waals surface area contributed by atoms with Crippen molar-refractivity contribution in [3.63, 3.8) is 0 Å². The maximum Gasteiger partial charge on any atom is 0.326 e. The van der Waals surface area contributed by atoms with Crippen LogP contribution < -0.4 is 5.73 Å². The van der Waals surface area contributed by atoms with Gasteiger partial charge in [0.2, 0.25) is 0 Å². The summed E-state index contributed by atoms with van der Waals surface area (Å²) in [6, 6.07) is 6.99. The third kappa shape index (κ3) is 1.97. The van der Waals surface area contributed by atoms with Crippen LogP contribution in [0.1, 0.15) is 24.7 Å². The molecule has 1 aliphatic heterocycles. The standard InChI is InChI=1S/C14H15N3O2/c15-10-5-2-1-4-9(10)11-8-17-12(14(18)19)6-3-7-13(17)16-11/h1-2,4-5,8,12H,3,6-7,15H2,(H,18,19). The molecule has 0 saturated heterocycles. The van der Waals surface area contributed by atoms with Gasteiger partial charge in [-0.25, -0.2) is 9.78 Å². The number of fused-ring (bicyclic) bond motifs is 1. The number of nitrogens with two attached hydrogens (primary N) is 1. The van der Waals surface area contributed by atoms with Crippen LogP contribution in [0.4, 0.5) is 5.69 Å². The molecule has 5 nitrogen and oxygen atoms in total. The number of hydrogen-bond acceptors (Lipinski definition) is 3. The maximum atomic E-state index is 11.3. The molecule has 2 heterocycles. The van der Waals surface area contributed by atoms with E-state index in [0.29, 0.717) is 12.1 Å². The number of aryl methyl sites for hydroxylation is 1. The Labute approximate surface area is 110 Å². The molecule has 1 aromatic carbocycles. The number of nitrogen functional groups attached to an aromatic ring is 1. The van der Waals surface area contributed by atoms with Gasteiger partial charge in [-0.15, -0.1) is 0 Å². The van der Waals surface area contributed by atoms with E-state index in [1.807, 2.05) is 24.3 Å². The summed E-state index contributed by atoms with van der Waals surface area (Å²) in [6.07, 6.45) is 4.13. The highest BCUT2D eigenvalue weighted by Crippen LogP contribution is 2.30. The van der Waals surface area contributed by atoms with Crippen molar-refractivity contribution < 1.29 is 9.90 Å². The zero-order valence-corrected chi connectivity index (χ0v) is 10.4. The number of para-hydroxylation sites is 1. The molecule has 1 aromatic heterocycles. The first-order valence-electron chi connectivity index (χ1n) is 6.32. The van der Waals surface area contributed by atoms with Crippen molar-refractivity contribution in [1.82, 2.24) is 9.55 Å². The van der Waals surface area contributed by atoms with Gasteiger partial charge in [-0.2, -0.15) is 0 Å². The molecule has 1 atom stereocenters. The van der Waals surface area contributed by atoms with Gasteiger partial charge in [0.15, 0.2) is 0 Å². The first-order valence-corrected chi connectivity index (χ1v) is 6.32. The molecular weight excluding hydrogens is 242 g/mol. The Morgan fingerprint density at radius 2 is 2.21 bits per heavy atom. The van der Waals surface area contributed by atoms with E-state index in [0.717, 1.165) is 29.9 Å². The van der Waals surface area contributed by atoms with Gasteiger partial charge in [0, 0.05) is 23.9 Å². The van der Waals surface area contributed by atoms with Gasteiger partial charge in [0.1, 0.15) is 11.9 Å². The SMILES string of the molecule is Nc1ccccc1-c1cn2c(n1)CCCC2C(=O)O. The summed E-state index contributed by atoms with van der Waals surface area (Å²) in [5, 5.41) is 9.25. The van der Waals surface area contributed by atoms with Gasteiger partial charge in [0.25, 0.3) is 0 Å². The van der Waals surface area contributed by atoms with E-state index in [9.17, 15) is 9.90 Å². The zero-order chi connectivity index (χ0) is 13.4. The van der Waals surface area contributed by atoms with Crippen LogP contribution in [0, 0.1) is 0 Å². The first-order chi connectivity index (χ1) is 9.16. The van der Waals surface area contributed by atoms with E-state index in [1.54, 1.807) is 10.8 Å². The molecule has 19 heavy (non-hydrogen) atoms. The number of anilines is 1. The number of hydrogen-bond donors (Lipinski definition) is 2. The second kappa shape index (κ2) is 4.42. The van der Waals surface area contributed by atoms with Crippen LogP contribution in [0.2, 0.25) is 0 Å². The van der Waals surface area contributed by atoms with Gasteiger partial charge in [-0.1, -0.05) is 18.2 Å². The Kier molecular flexibility index (Phi) is 2.74. The van der Waals surface area contributed by atoms with E-state index < -0.39 is 12.0 Å². The van der Waals surface area contributed by atoms with Crippen molar-refractivity contribution in [3.05, 3.63) is 36.3 Å². The Hall–Kier alpha value is -2.30. The van der Waals surface area contributed by atoms with Crippen molar-refractivity contribution in [1.29, 1.82) is 0 Å². The summed E-state index contributed by atoms with van der Waals surface area (Å²) in [4.78, 5) is 15.8. The Balaban J connectivity index is 2.07. The van der Waals surface area contributed by atoms with Crippen LogP contribution in [-0.4, -0.2) is 20.6 Å². The lowest BCUT2D eigenvalue weighted by molar-refractivity contribution is -0.141. The number of nitrogens with zero attached hydrogens (tertiary/aromatic N) is 2. The zero-order valence-electron chi connectivity index (χ0n) is 10.4. The topological polar surface area (TPSA) is 81.1 Å².